The lowest BCUT2D eigenvalue weighted by molar-refractivity contribution is -1.91. The first-order chi connectivity index (χ1) is 7.56. The summed E-state index contributed by atoms with van der Waals surface area (Å²) >= 11 is 0. The number of para-hydroxylation sites is 1. The predicted molar refractivity (Wildman–Crippen MR) is 44.2 cm³/mol. The number of nitrogens with zero attached hydrogens (tertiary/aromatic N) is 2. The molecule has 0 bridgehead atoms. The monoisotopic (exact) mass is 242 g/mol. The number of rotatable bonds is 3. The van der Waals surface area contributed by atoms with E-state index < -0.39 is 10.2 Å². The molecule has 7 heteroatoms. The van der Waals surface area contributed by atoms with Crippen LogP contribution in [0.15, 0.2) is 42.7 Å². The molecule has 0 N–H and O–H groups in total. The molecule has 1 heterocycles. The van der Waals surface area contributed by atoms with Gasteiger partial charge >= 0.3 is 6.01 Å². The molecule has 0 saturated carbocycles. The summed E-state index contributed by atoms with van der Waals surface area (Å²) in [4.78, 5) is 3.63. The minimum atomic E-state index is -4.54. The van der Waals surface area contributed by atoms with Gasteiger partial charge in [0.2, 0.25) is 0 Å². The van der Waals surface area contributed by atoms with E-state index in [4.69, 9.17) is 0 Å². The van der Waals surface area contributed by atoms with E-state index >= 15 is 0 Å². The van der Waals surface area contributed by atoms with Crippen LogP contribution >= 0.6 is 0 Å². The maximum absolute atomic E-state index is 10.4. The average molecular weight is 243 g/mol. The second kappa shape index (κ2) is 4.11. The fraction of sp³-hybridized carbons (Fsp3) is 0. The lowest BCUT2D eigenvalue weighted by atomic mass is 10.3. The minimum absolute atomic E-state index is 0.289. The Balaban J connectivity index is 2.33. The van der Waals surface area contributed by atoms with Gasteiger partial charge in [-0.2, -0.15) is 19.0 Å². The van der Waals surface area contributed by atoms with Crippen LogP contribution in [0.3, 0.4) is 0 Å². The number of benzene rings is 1. The standard InChI is InChI=1S/C9H7ClN2O4/c13-10(14,15)16-9-11-6-7-12(9)8-4-2-1-3-5-8/h1-7H. The number of hydrogen-bond acceptors (Lipinski definition) is 5. The van der Waals surface area contributed by atoms with Crippen molar-refractivity contribution < 1.29 is 28.5 Å². The maximum Gasteiger partial charge on any atom is 0.464 e. The fourth-order valence-electron chi connectivity index (χ4n) is 1.22. The Morgan fingerprint density at radius 3 is 2.44 bits per heavy atom. The summed E-state index contributed by atoms with van der Waals surface area (Å²) in [6, 6.07) is 8.50. The van der Waals surface area contributed by atoms with Crippen molar-refractivity contribution in [3.8, 4) is 11.7 Å². The molecule has 2 rings (SSSR count). The van der Waals surface area contributed by atoms with Gasteiger partial charge in [-0.05, 0) is 16.4 Å². The first-order valence-electron chi connectivity index (χ1n) is 4.25. The summed E-state index contributed by atoms with van der Waals surface area (Å²) in [6.45, 7) is 0. The summed E-state index contributed by atoms with van der Waals surface area (Å²) in [7, 11) is -4.54. The molecule has 2 aromatic rings. The molecule has 0 unspecified atom stereocenters. The maximum atomic E-state index is 10.4. The number of imidazole rings is 1. The summed E-state index contributed by atoms with van der Waals surface area (Å²) in [5.74, 6) is 0. The van der Waals surface area contributed by atoms with E-state index in [0.717, 1.165) is 0 Å². The molecule has 0 aliphatic rings. The van der Waals surface area contributed by atoms with Crippen LogP contribution in [0.1, 0.15) is 0 Å². The average Bonchev–Trinajstić information content (AvgIpc) is 2.64. The Hall–Kier alpha value is -1.60. The van der Waals surface area contributed by atoms with Crippen molar-refractivity contribution in [3.63, 3.8) is 0 Å². The summed E-state index contributed by atoms with van der Waals surface area (Å²) < 4.78 is 36.8. The summed E-state index contributed by atoms with van der Waals surface area (Å²) in [5, 5.41) is 0. The minimum Gasteiger partial charge on any atom is -0.257 e. The van der Waals surface area contributed by atoms with Crippen LogP contribution in [0.4, 0.5) is 0 Å². The van der Waals surface area contributed by atoms with Gasteiger partial charge in [-0.1, -0.05) is 18.2 Å². The smallest absolute Gasteiger partial charge is 0.257 e. The van der Waals surface area contributed by atoms with Crippen LogP contribution in [0.25, 0.3) is 5.69 Å². The van der Waals surface area contributed by atoms with Gasteiger partial charge in [0.1, 0.15) is 10.2 Å². The molecule has 1 aromatic carbocycles. The van der Waals surface area contributed by atoms with E-state index in [2.05, 4.69) is 9.27 Å². The molecule has 1 aromatic heterocycles. The molecule has 0 atom stereocenters. The summed E-state index contributed by atoms with van der Waals surface area (Å²) in [6.07, 6.45) is 2.83. The predicted octanol–water partition coefficient (Wildman–Crippen LogP) is -1.85. The molecule has 0 spiro atoms. The molecule has 0 fully saturated rings. The first kappa shape index (κ1) is 10.9. The van der Waals surface area contributed by atoms with Crippen LogP contribution < -0.4 is 18.3 Å². The van der Waals surface area contributed by atoms with Gasteiger partial charge in [0.05, 0.1) is 5.69 Å². The third-order valence-electron chi connectivity index (χ3n) is 1.80. The van der Waals surface area contributed by atoms with Crippen molar-refractivity contribution in [3.05, 3.63) is 42.7 Å². The highest BCUT2D eigenvalue weighted by Crippen LogP contribution is 2.17. The van der Waals surface area contributed by atoms with E-state index in [1.165, 1.54) is 17.0 Å². The van der Waals surface area contributed by atoms with Gasteiger partial charge in [-0.25, -0.2) is 0 Å². The molecule has 0 amide bonds. The van der Waals surface area contributed by atoms with Gasteiger partial charge in [-0.3, -0.25) is 4.57 Å². The van der Waals surface area contributed by atoms with Gasteiger partial charge < -0.3 is 0 Å². The van der Waals surface area contributed by atoms with Gasteiger partial charge in [0, 0.05) is 12.4 Å². The largest absolute Gasteiger partial charge is 0.464 e. The van der Waals surface area contributed by atoms with Crippen LogP contribution in [-0.2, 0) is 0 Å². The van der Waals surface area contributed by atoms with Crippen LogP contribution in [0, 0.1) is 10.2 Å². The van der Waals surface area contributed by atoms with E-state index in [1.807, 2.05) is 6.07 Å². The van der Waals surface area contributed by atoms with Crippen molar-refractivity contribution in [2.75, 3.05) is 0 Å². The molecule has 84 valence electrons. The van der Waals surface area contributed by atoms with E-state index in [-0.39, 0.29) is 6.01 Å². The molecule has 6 nitrogen and oxygen atoms in total. The highest BCUT2D eigenvalue weighted by molar-refractivity contribution is 5.33. The SMILES string of the molecule is [O-][Cl+3]([O-])([O-])Oc1nccn1-c1ccccc1. The van der Waals surface area contributed by atoms with Gasteiger partial charge in [0.25, 0.3) is 0 Å². The lowest BCUT2D eigenvalue weighted by Crippen LogP contribution is -2.63. The van der Waals surface area contributed by atoms with Crippen molar-refractivity contribution >= 4 is 0 Å². The Bertz CT molecular complexity index is 466. The van der Waals surface area contributed by atoms with Crippen molar-refractivity contribution in [2.45, 2.75) is 0 Å². The quantitative estimate of drug-likeness (QED) is 0.629. The fourth-order valence-corrected chi connectivity index (χ4v) is 1.50. The lowest BCUT2D eigenvalue weighted by Gasteiger charge is -2.12. The second-order valence-corrected chi connectivity index (χ2v) is 3.78. The van der Waals surface area contributed by atoms with E-state index in [9.17, 15) is 14.0 Å². The van der Waals surface area contributed by atoms with Crippen molar-refractivity contribution in [1.82, 2.24) is 9.55 Å². The Morgan fingerprint density at radius 2 is 1.81 bits per heavy atom. The molecular formula is C9H7ClN2O4. The van der Waals surface area contributed by atoms with Crippen LogP contribution in [0.2, 0.25) is 0 Å². The molecule has 0 radical (unpaired) electrons. The number of halogens is 1. The van der Waals surface area contributed by atoms with Crippen molar-refractivity contribution in [1.29, 1.82) is 0 Å². The van der Waals surface area contributed by atoms with Gasteiger partial charge in [0.15, 0.2) is 0 Å². The number of hydrogen-bond donors (Lipinski definition) is 0. The molecular weight excluding hydrogens is 236 g/mol. The second-order valence-electron chi connectivity index (χ2n) is 2.87. The Labute approximate surface area is 93.1 Å². The molecule has 0 saturated heterocycles. The zero-order valence-corrected chi connectivity index (χ0v) is 8.70. The highest BCUT2D eigenvalue weighted by Gasteiger charge is 2.24. The van der Waals surface area contributed by atoms with E-state index in [0.29, 0.717) is 5.69 Å². The third-order valence-corrected chi connectivity index (χ3v) is 2.13. The van der Waals surface area contributed by atoms with Crippen LogP contribution in [-0.4, -0.2) is 9.55 Å². The van der Waals surface area contributed by atoms with Crippen LogP contribution in [0.5, 0.6) is 6.01 Å². The summed E-state index contributed by atoms with van der Waals surface area (Å²) in [5.41, 5.74) is 0.647. The highest BCUT2D eigenvalue weighted by atomic mass is 35.7. The Kier molecular flexibility index (Phi) is 2.80. The number of aromatic nitrogens is 2. The normalized spacial score (nSPS) is 11.4. The van der Waals surface area contributed by atoms with Crippen molar-refractivity contribution in [2.24, 2.45) is 0 Å². The zero-order chi connectivity index (χ0) is 11.6. The molecule has 0 aliphatic heterocycles. The zero-order valence-electron chi connectivity index (χ0n) is 7.95. The topological polar surface area (TPSA) is 96.2 Å². The third kappa shape index (κ3) is 2.50. The van der Waals surface area contributed by atoms with E-state index in [1.54, 1.807) is 24.3 Å². The first-order valence-corrected chi connectivity index (χ1v) is 5.49. The van der Waals surface area contributed by atoms with Gasteiger partial charge in [-0.15, -0.1) is 0 Å². The molecule has 16 heavy (non-hydrogen) atoms. The Morgan fingerprint density at radius 1 is 1.12 bits per heavy atom. The molecule has 0 aliphatic carbocycles.